The number of aryl methyl sites for hydroxylation is 1. The third-order valence-electron chi connectivity index (χ3n) is 4.04. The van der Waals surface area contributed by atoms with Crippen LogP contribution in [-0.4, -0.2) is 19.0 Å². The molecule has 2 aromatic carbocycles. The van der Waals surface area contributed by atoms with Gasteiger partial charge in [0.2, 0.25) is 0 Å². The van der Waals surface area contributed by atoms with E-state index in [0.29, 0.717) is 18.0 Å². The molecule has 0 fully saturated rings. The topological polar surface area (TPSA) is 60.2 Å². The zero-order valence-electron chi connectivity index (χ0n) is 15.6. The van der Waals surface area contributed by atoms with Crippen LogP contribution in [0.2, 0.25) is 0 Å². The molecule has 1 atom stereocenters. The van der Waals surface area contributed by atoms with Gasteiger partial charge in [0.15, 0.2) is 5.96 Å². The molecule has 0 saturated heterocycles. The van der Waals surface area contributed by atoms with E-state index in [0.717, 1.165) is 24.6 Å². The monoisotopic (exact) mass is 462 g/mol. The molecular formula is C21H27IN4. The van der Waals surface area contributed by atoms with Gasteiger partial charge in [-0.3, -0.25) is 0 Å². The van der Waals surface area contributed by atoms with E-state index in [2.05, 4.69) is 66.7 Å². The highest BCUT2D eigenvalue weighted by Crippen LogP contribution is 2.14. The summed E-state index contributed by atoms with van der Waals surface area (Å²) in [5.74, 6) is 1.19. The lowest BCUT2D eigenvalue weighted by molar-refractivity contribution is 0.699. The second-order valence-corrected chi connectivity index (χ2v) is 6.20. The third kappa shape index (κ3) is 7.04. The number of rotatable bonds is 6. The maximum atomic E-state index is 8.98. The quantitative estimate of drug-likeness (QED) is 0.382. The normalized spacial score (nSPS) is 11.8. The fourth-order valence-corrected chi connectivity index (χ4v) is 2.51. The van der Waals surface area contributed by atoms with Crippen LogP contribution in [0.25, 0.3) is 0 Å². The van der Waals surface area contributed by atoms with Gasteiger partial charge in [-0.2, -0.15) is 5.26 Å². The largest absolute Gasteiger partial charge is 0.357 e. The van der Waals surface area contributed by atoms with Gasteiger partial charge in [0.05, 0.1) is 18.2 Å². The number of aliphatic imine (C=N–C) groups is 1. The Balaban J connectivity index is 0.00000338. The number of benzene rings is 2. The number of hydrogen-bond acceptors (Lipinski definition) is 2. The van der Waals surface area contributed by atoms with Crippen LogP contribution in [0.5, 0.6) is 0 Å². The SMILES string of the molecule is CCNC(=NCc1cccc(C#N)c1)NCC(C)c1ccc(C)cc1.I. The van der Waals surface area contributed by atoms with Gasteiger partial charge in [-0.25, -0.2) is 4.99 Å². The van der Waals surface area contributed by atoms with Gasteiger partial charge in [0, 0.05) is 13.1 Å². The van der Waals surface area contributed by atoms with Crippen LogP contribution >= 0.6 is 24.0 Å². The summed E-state index contributed by atoms with van der Waals surface area (Å²) in [4.78, 5) is 4.62. The molecule has 0 spiro atoms. The van der Waals surface area contributed by atoms with E-state index >= 15 is 0 Å². The molecule has 2 N–H and O–H groups in total. The molecule has 5 heteroatoms. The van der Waals surface area contributed by atoms with Gasteiger partial charge in [0.25, 0.3) is 0 Å². The highest BCUT2D eigenvalue weighted by Gasteiger charge is 2.06. The maximum Gasteiger partial charge on any atom is 0.191 e. The summed E-state index contributed by atoms with van der Waals surface area (Å²) < 4.78 is 0. The Morgan fingerprint density at radius 2 is 1.88 bits per heavy atom. The van der Waals surface area contributed by atoms with Crippen LogP contribution in [0.1, 0.15) is 42.0 Å². The molecule has 0 heterocycles. The van der Waals surface area contributed by atoms with Gasteiger partial charge in [0.1, 0.15) is 0 Å². The van der Waals surface area contributed by atoms with E-state index in [4.69, 9.17) is 5.26 Å². The van der Waals surface area contributed by atoms with Gasteiger partial charge < -0.3 is 10.6 Å². The van der Waals surface area contributed by atoms with E-state index in [9.17, 15) is 0 Å². The molecule has 0 aliphatic carbocycles. The molecular weight excluding hydrogens is 435 g/mol. The summed E-state index contributed by atoms with van der Waals surface area (Å²) in [6.45, 7) is 8.53. The Morgan fingerprint density at radius 1 is 1.15 bits per heavy atom. The van der Waals surface area contributed by atoms with E-state index in [1.807, 2.05) is 18.2 Å². The Morgan fingerprint density at radius 3 is 2.54 bits per heavy atom. The second kappa shape index (κ2) is 11.5. The Labute approximate surface area is 173 Å². The first-order valence-electron chi connectivity index (χ1n) is 8.70. The van der Waals surface area contributed by atoms with Crippen LogP contribution in [0.15, 0.2) is 53.5 Å². The minimum atomic E-state index is 0. The average molecular weight is 462 g/mol. The van der Waals surface area contributed by atoms with Crippen LogP contribution in [0.3, 0.4) is 0 Å². The zero-order chi connectivity index (χ0) is 18.1. The molecule has 0 aliphatic rings. The first-order valence-corrected chi connectivity index (χ1v) is 8.70. The predicted molar refractivity (Wildman–Crippen MR) is 119 cm³/mol. The minimum Gasteiger partial charge on any atom is -0.357 e. The van der Waals surface area contributed by atoms with Crippen LogP contribution in [-0.2, 0) is 6.54 Å². The van der Waals surface area contributed by atoms with Gasteiger partial charge in [-0.1, -0.05) is 48.9 Å². The molecule has 2 aromatic rings. The average Bonchev–Trinajstić information content (AvgIpc) is 2.64. The van der Waals surface area contributed by atoms with Crippen molar-refractivity contribution in [1.82, 2.24) is 10.6 Å². The van der Waals surface area contributed by atoms with Crippen molar-refractivity contribution in [3.8, 4) is 6.07 Å². The highest BCUT2D eigenvalue weighted by atomic mass is 127. The highest BCUT2D eigenvalue weighted by molar-refractivity contribution is 14.0. The summed E-state index contributed by atoms with van der Waals surface area (Å²) in [6, 6.07) is 18.4. The standard InChI is InChI=1S/C21H26N4.HI/c1-4-23-21(25-15-19-7-5-6-18(12-19)13-22)24-14-17(3)20-10-8-16(2)9-11-20;/h5-12,17H,4,14-15H2,1-3H3,(H2,23,24,25);1H. The van der Waals surface area contributed by atoms with Gasteiger partial charge in [-0.05, 0) is 43.0 Å². The van der Waals surface area contributed by atoms with Gasteiger partial charge in [-0.15, -0.1) is 24.0 Å². The van der Waals surface area contributed by atoms with Gasteiger partial charge >= 0.3 is 0 Å². The minimum absolute atomic E-state index is 0. The lowest BCUT2D eigenvalue weighted by atomic mass is 10.0. The lowest BCUT2D eigenvalue weighted by Gasteiger charge is -2.16. The van der Waals surface area contributed by atoms with Crippen molar-refractivity contribution in [3.63, 3.8) is 0 Å². The Kier molecular flexibility index (Phi) is 9.74. The molecule has 4 nitrogen and oxygen atoms in total. The number of nitrogens with one attached hydrogen (secondary N) is 2. The van der Waals surface area contributed by atoms with Crippen molar-refractivity contribution < 1.29 is 0 Å². The van der Waals surface area contributed by atoms with Crippen molar-refractivity contribution in [3.05, 3.63) is 70.8 Å². The first kappa shape index (κ1) is 22.0. The molecule has 2 rings (SSSR count). The third-order valence-corrected chi connectivity index (χ3v) is 4.04. The van der Waals surface area contributed by atoms with Crippen LogP contribution < -0.4 is 10.6 Å². The van der Waals surface area contributed by atoms with E-state index in [1.165, 1.54) is 11.1 Å². The van der Waals surface area contributed by atoms with Crippen molar-refractivity contribution in [2.75, 3.05) is 13.1 Å². The molecule has 138 valence electrons. The van der Waals surface area contributed by atoms with Crippen molar-refractivity contribution in [2.45, 2.75) is 33.2 Å². The number of halogens is 1. The fraction of sp³-hybridized carbons (Fsp3) is 0.333. The summed E-state index contributed by atoms with van der Waals surface area (Å²) >= 11 is 0. The Hall–Kier alpha value is -2.07. The molecule has 0 radical (unpaired) electrons. The number of nitriles is 1. The summed E-state index contributed by atoms with van der Waals surface area (Å²) in [5.41, 5.74) is 4.29. The van der Waals surface area contributed by atoms with Crippen LogP contribution in [0.4, 0.5) is 0 Å². The van der Waals surface area contributed by atoms with Crippen molar-refractivity contribution >= 4 is 29.9 Å². The number of nitrogens with zero attached hydrogens (tertiary/aromatic N) is 2. The zero-order valence-corrected chi connectivity index (χ0v) is 18.0. The molecule has 0 bridgehead atoms. The molecule has 0 saturated carbocycles. The van der Waals surface area contributed by atoms with Crippen LogP contribution in [0, 0.1) is 18.3 Å². The lowest BCUT2D eigenvalue weighted by Crippen LogP contribution is -2.39. The second-order valence-electron chi connectivity index (χ2n) is 6.20. The molecule has 26 heavy (non-hydrogen) atoms. The van der Waals surface area contributed by atoms with Crippen molar-refractivity contribution in [1.29, 1.82) is 5.26 Å². The maximum absolute atomic E-state index is 8.98. The van der Waals surface area contributed by atoms with E-state index in [1.54, 1.807) is 6.07 Å². The molecule has 1 unspecified atom stereocenters. The summed E-state index contributed by atoms with van der Waals surface area (Å²) in [5, 5.41) is 15.7. The van der Waals surface area contributed by atoms with E-state index in [-0.39, 0.29) is 24.0 Å². The number of guanidine groups is 1. The predicted octanol–water partition coefficient (Wildman–Crippen LogP) is 4.34. The molecule has 0 aromatic heterocycles. The van der Waals surface area contributed by atoms with Crippen molar-refractivity contribution in [2.24, 2.45) is 4.99 Å². The summed E-state index contributed by atoms with van der Waals surface area (Å²) in [7, 11) is 0. The number of hydrogen-bond donors (Lipinski definition) is 2. The Bertz CT molecular complexity index is 747. The van der Waals surface area contributed by atoms with E-state index < -0.39 is 0 Å². The fourth-order valence-electron chi connectivity index (χ4n) is 2.51. The summed E-state index contributed by atoms with van der Waals surface area (Å²) in [6.07, 6.45) is 0. The smallest absolute Gasteiger partial charge is 0.191 e. The molecule has 0 amide bonds. The first-order chi connectivity index (χ1) is 12.1. The molecule has 0 aliphatic heterocycles.